The van der Waals surface area contributed by atoms with Gasteiger partial charge in [0.25, 0.3) is 0 Å². The number of rotatable bonds is 2. The summed E-state index contributed by atoms with van der Waals surface area (Å²) in [6.45, 7) is 6.55. The molecule has 106 valence electrons. The predicted octanol–water partition coefficient (Wildman–Crippen LogP) is 3.17. The van der Waals surface area contributed by atoms with Crippen LogP contribution in [-0.2, 0) is 7.05 Å². The monoisotopic (exact) mass is 269 g/mol. The average Bonchev–Trinajstić information content (AvgIpc) is 2.84. The van der Waals surface area contributed by atoms with E-state index in [0.29, 0.717) is 5.92 Å². The number of aromatic nitrogens is 2. The maximum absolute atomic E-state index is 4.77. The molecule has 1 aromatic heterocycles. The lowest BCUT2D eigenvalue weighted by atomic mass is 9.89. The standard InChI is InChI=1S/C17H23N3/c1-12-4-5-13(2)15(10-12)16-11-20(3)19-17(16)14-6-8-18-9-7-14/h4-5,10-11,14,18H,6-9H2,1-3H3. The van der Waals surface area contributed by atoms with Gasteiger partial charge in [-0.1, -0.05) is 23.8 Å². The van der Waals surface area contributed by atoms with Crippen molar-refractivity contribution in [2.75, 3.05) is 13.1 Å². The third kappa shape index (κ3) is 2.50. The van der Waals surface area contributed by atoms with Gasteiger partial charge in [0.2, 0.25) is 0 Å². The van der Waals surface area contributed by atoms with Crippen molar-refractivity contribution in [1.29, 1.82) is 0 Å². The summed E-state index contributed by atoms with van der Waals surface area (Å²) < 4.78 is 1.97. The number of nitrogens with zero attached hydrogens (tertiary/aromatic N) is 2. The van der Waals surface area contributed by atoms with Gasteiger partial charge in [0.15, 0.2) is 0 Å². The van der Waals surface area contributed by atoms with Crippen LogP contribution in [0.5, 0.6) is 0 Å². The lowest BCUT2D eigenvalue weighted by Crippen LogP contribution is -2.27. The van der Waals surface area contributed by atoms with E-state index < -0.39 is 0 Å². The van der Waals surface area contributed by atoms with Crippen molar-refractivity contribution < 1.29 is 0 Å². The molecule has 3 heteroatoms. The van der Waals surface area contributed by atoms with Gasteiger partial charge in [0.1, 0.15) is 0 Å². The van der Waals surface area contributed by atoms with E-state index in [9.17, 15) is 0 Å². The molecule has 0 atom stereocenters. The van der Waals surface area contributed by atoms with Crippen LogP contribution in [0.15, 0.2) is 24.4 Å². The number of benzene rings is 1. The molecule has 1 aliphatic rings. The molecule has 3 nitrogen and oxygen atoms in total. The summed E-state index contributed by atoms with van der Waals surface area (Å²) in [5, 5.41) is 8.21. The van der Waals surface area contributed by atoms with Gasteiger partial charge in [0, 0.05) is 24.7 Å². The van der Waals surface area contributed by atoms with Crippen LogP contribution in [0.1, 0.15) is 35.6 Å². The first-order chi connectivity index (χ1) is 9.65. The van der Waals surface area contributed by atoms with Gasteiger partial charge in [-0.3, -0.25) is 4.68 Å². The molecule has 2 heterocycles. The highest BCUT2D eigenvalue weighted by molar-refractivity contribution is 5.70. The molecule has 1 N–H and O–H groups in total. The van der Waals surface area contributed by atoms with Gasteiger partial charge >= 0.3 is 0 Å². The van der Waals surface area contributed by atoms with E-state index in [0.717, 1.165) is 13.1 Å². The van der Waals surface area contributed by atoms with Crippen LogP contribution >= 0.6 is 0 Å². The van der Waals surface area contributed by atoms with Crippen LogP contribution in [0, 0.1) is 13.8 Å². The largest absolute Gasteiger partial charge is 0.317 e. The van der Waals surface area contributed by atoms with Gasteiger partial charge in [-0.15, -0.1) is 0 Å². The highest BCUT2D eigenvalue weighted by Crippen LogP contribution is 2.34. The zero-order valence-electron chi connectivity index (χ0n) is 12.6. The lowest BCUT2D eigenvalue weighted by Gasteiger charge is -2.22. The third-order valence-corrected chi connectivity index (χ3v) is 4.27. The van der Waals surface area contributed by atoms with Gasteiger partial charge in [-0.05, 0) is 50.9 Å². The number of aryl methyl sites for hydroxylation is 3. The molecular weight excluding hydrogens is 246 g/mol. The van der Waals surface area contributed by atoms with Crippen molar-refractivity contribution in [3.05, 3.63) is 41.2 Å². The Balaban J connectivity index is 2.06. The van der Waals surface area contributed by atoms with E-state index in [-0.39, 0.29) is 0 Å². The molecule has 0 aliphatic carbocycles. The van der Waals surface area contributed by atoms with Crippen molar-refractivity contribution >= 4 is 0 Å². The molecule has 1 saturated heterocycles. The SMILES string of the molecule is Cc1ccc(C)c(-c2cn(C)nc2C2CCNCC2)c1. The lowest BCUT2D eigenvalue weighted by molar-refractivity contribution is 0.450. The Morgan fingerprint density at radius 2 is 1.90 bits per heavy atom. The summed E-state index contributed by atoms with van der Waals surface area (Å²) in [6, 6.07) is 6.68. The number of hydrogen-bond donors (Lipinski definition) is 1. The number of hydrogen-bond acceptors (Lipinski definition) is 2. The highest BCUT2D eigenvalue weighted by Gasteiger charge is 2.22. The van der Waals surface area contributed by atoms with Crippen LogP contribution < -0.4 is 5.32 Å². The van der Waals surface area contributed by atoms with Crippen LogP contribution in [-0.4, -0.2) is 22.9 Å². The first kappa shape index (κ1) is 13.4. The summed E-state index contributed by atoms with van der Waals surface area (Å²) >= 11 is 0. The summed E-state index contributed by atoms with van der Waals surface area (Å²) in [6.07, 6.45) is 4.56. The first-order valence-corrected chi connectivity index (χ1v) is 7.47. The Labute approximate surface area is 121 Å². The fraction of sp³-hybridized carbons (Fsp3) is 0.471. The van der Waals surface area contributed by atoms with Crippen molar-refractivity contribution in [2.24, 2.45) is 7.05 Å². The Hall–Kier alpha value is -1.61. The molecule has 0 saturated carbocycles. The molecule has 20 heavy (non-hydrogen) atoms. The number of nitrogens with one attached hydrogen (secondary N) is 1. The average molecular weight is 269 g/mol. The fourth-order valence-corrected chi connectivity index (χ4v) is 3.14. The van der Waals surface area contributed by atoms with Crippen molar-refractivity contribution in [3.8, 4) is 11.1 Å². The maximum atomic E-state index is 4.77. The van der Waals surface area contributed by atoms with E-state index >= 15 is 0 Å². The van der Waals surface area contributed by atoms with Gasteiger partial charge in [-0.2, -0.15) is 5.10 Å². The van der Waals surface area contributed by atoms with Gasteiger partial charge in [0.05, 0.1) is 5.69 Å². The molecule has 1 fully saturated rings. The predicted molar refractivity (Wildman–Crippen MR) is 83.0 cm³/mol. The second-order valence-corrected chi connectivity index (χ2v) is 5.94. The molecule has 3 rings (SSSR count). The molecule has 0 spiro atoms. The molecule has 0 radical (unpaired) electrons. The second-order valence-electron chi connectivity index (χ2n) is 5.94. The topological polar surface area (TPSA) is 29.9 Å². The second kappa shape index (κ2) is 5.41. The summed E-state index contributed by atoms with van der Waals surface area (Å²) in [5.41, 5.74) is 6.58. The molecule has 0 unspecified atom stereocenters. The molecular formula is C17H23N3. The quantitative estimate of drug-likeness (QED) is 0.907. The minimum absolute atomic E-state index is 0.590. The van der Waals surface area contributed by atoms with E-state index in [4.69, 9.17) is 5.10 Å². The minimum Gasteiger partial charge on any atom is -0.317 e. The van der Waals surface area contributed by atoms with Crippen LogP contribution in [0.3, 0.4) is 0 Å². The fourth-order valence-electron chi connectivity index (χ4n) is 3.14. The Kier molecular flexibility index (Phi) is 3.62. The molecule has 1 aromatic carbocycles. The highest BCUT2D eigenvalue weighted by atomic mass is 15.3. The minimum atomic E-state index is 0.590. The summed E-state index contributed by atoms with van der Waals surface area (Å²) in [7, 11) is 2.03. The zero-order chi connectivity index (χ0) is 14.1. The van der Waals surface area contributed by atoms with E-state index in [2.05, 4.69) is 43.6 Å². The molecule has 2 aromatic rings. The Morgan fingerprint density at radius 3 is 2.65 bits per heavy atom. The maximum Gasteiger partial charge on any atom is 0.0734 e. The van der Waals surface area contributed by atoms with Crippen molar-refractivity contribution in [3.63, 3.8) is 0 Å². The molecule has 1 aliphatic heterocycles. The van der Waals surface area contributed by atoms with Crippen molar-refractivity contribution in [2.45, 2.75) is 32.6 Å². The van der Waals surface area contributed by atoms with Gasteiger partial charge < -0.3 is 5.32 Å². The number of piperidine rings is 1. The van der Waals surface area contributed by atoms with E-state index in [1.807, 2.05) is 11.7 Å². The summed E-state index contributed by atoms with van der Waals surface area (Å²) in [4.78, 5) is 0. The zero-order valence-corrected chi connectivity index (χ0v) is 12.6. The van der Waals surface area contributed by atoms with Crippen LogP contribution in [0.25, 0.3) is 11.1 Å². The van der Waals surface area contributed by atoms with Gasteiger partial charge in [-0.25, -0.2) is 0 Å². The summed E-state index contributed by atoms with van der Waals surface area (Å²) in [5.74, 6) is 0.590. The third-order valence-electron chi connectivity index (χ3n) is 4.27. The smallest absolute Gasteiger partial charge is 0.0734 e. The molecule has 0 bridgehead atoms. The van der Waals surface area contributed by atoms with E-state index in [1.165, 1.54) is 40.8 Å². The van der Waals surface area contributed by atoms with Crippen molar-refractivity contribution in [1.82, 2.24) is 15.1 Å². The Bertz CT molecular complexity index is 607. The van der Waals surface area contributed by atoms with Crippen LogP contribution in [0.2, 0.25) is 0 Å². The van der Waals surface area contributed by atoms with E-state index in [1.54, 1.807) is 0 Å². The first-order valence-electron chi connectivity index (χ1n) is 7.47. The Morgan fingerprint density at radius 1 is 1.15 bits per heavy atom. The van der Waals surface area contributed by atoms with Crippen LogP contribution in [0.4, 0.5) is 0 Å². The molecule has 0 amide bonds. The normalized spacial score (nSPS) is 16.6.